The van der Waals surface area contributed by atoms with E-state index in [9.17, 15) is 0 Å². The molecule has 0 radical (unpaired) electrons. The van der Waals surface area contributed by atoms with Crippen LogP contribution in [-0.4, -0.2) is 22.0 Å². The molecule has 3 nitrogen and oxygen atoms in total. The van der Waals surface area contributed by atoms with Crippen molar-refractivity contribution in [1.82, 2.24) is 0 Å². The normalized spacial score (nSPS) is 14.3. The molecule has 0 aromatic carbocycles. The minimum Gasteiger partial charge on any atom is -0.367 e. The van der Waals surface area contributed by atoms with Crippen molar-refractivity contribution in [2.45, 2.75) is 128 Å². The molecule has 0 amide bonds. The lowest BCUT2D eigenvalue weighted by Gasteiger charge is -2.26. The highest BCUT2D eigenvalue weighted by Crippen LogP contribution is 2.17. The molecule has 0 saturated heterocycles. The van der Waals surface area contributed by atoms with E-state index in [-0.39, 0.29) is 0 Å². The summed E-state index contributed by atoms with van der Waals surface area (Å²) in [5.41, 5.74) is 4.96. The van der Waals surface area contributed by atoms with Crippen LogP contribution in [0, 0.1) is 0 Å². The second-order valence-corrected chi connectivity index (χ2v) is 7.58. The van der Waals surface area contributed by atoms with Crippen molar-refractivity contribution < 1.29 is 10.2 Å². The molecule has 0 aromatic heterocycles. The second kappa shape index (κ2) is 15.4. The molecule has 0 aliphatic carbocycles. The summed E-state index contributed by atoms with van der Waals surface area (Å²) >= 11 is 0. The number of rotatable bonds is 17. The summed E-state index contributed by atoms with van der Waals surface area (Å²) in [6.07, 6.45) is 19.4. The van der Waals surface area contributed by atoms with Gasteiger partial charge in [-0.2, -0.15) is 0 Å². The Hall–Kier alpha value is -0.120. The Morgan fingerprint density at radius 2 is 0.957 bits per heavy atom. The van der Waals surface area contributed by atoms with Crippen molar-refractivity contribution in [3.8, 4) is 0 Å². The van der Waals surface area contributed by atoms with Crippen molar-refractivity contribution in [3.63, 3.8) is 0 Å². The van der Waals surface area contributed by atoms with Gasteiger partial charge in [0.2, 0.25) is 0 Å². The fraction of sp³-hybridized carbons (Fsp3) is 1.00. The monoisotopic (exact) mass is 329 g/mol. The molecule has 0 fully saturated rings. The van der Waals surface area contributed by atoms with Gasteiger partial charge < -0.3 is 15.9 Å². The third-order valence-corrected chi connectivity index (χ3v) is 4.91. The first-order valence-corrected chi connectivity index (χ1v) is 10.2. The van der Waals surface area contributed by atoms with Crippen LogP contribution in [0.2, 0.25) is 0 Å². The molecular formula is C20H43NO2. The van der Waals surface area contributed by atoms with Crippen LogP contribution in [0.15, 0.2) is 0 Å². The van der Waals surface area contributed by atoms with Gasteiger partial charge in [0.25, 0.3) is 0 Å². The van der Waals surface area contributed by atoms with E-state index >= 15 is 0 Å². The fourth-order valence-corrected chi connectivity index (χ4v) is 3.01. The molecule has 0 aliphatic rings. The third kappa shape index (κ3) is 15.2. The van der Waals surface area contributed by atoms with E-state index < -0.39 is 11.8 Å². The van der Waals surface area contributed by atoms with E-state index in [4.69, 9.17) is 15.9 Å². The maximum Gasteiger partial charge on any atom is 0.169 e. The second-order valence-electron chi connectivity index (χ2n) is 7.58. The lowest BCUT2D eigenvalue weighted by atomic mass is 9.94. The predicted molar refractivity (Wildman–Crippen MR) is 100 cm³/mol. The predicted octanol–water partition coefficient (Wildman–Crippen LogP) is 5.28. The zero-order chi connectivity index (χ0) is 17.4. The van der Waals surface area contributed by atoms with Gasteiger partial charge in [-0.15, -0.1) is 0 Å². The van der Waals surface area contributed by atoms with Crippen LogP contribution in [-0.2, 0) is 0 Å². The Balaban J connectivity index is 3.14. The summed E-state index contributed by atoms with van der Waals surface area (Å²) in [7, 11) is 0. The van der Waals surface area contributed by atoms with E-state index in [2.05, 4.69) is 6.92 Å². The molecular weight excluding hydrogens is 286 g/mol. The minimum absolute atomic E-state index is 0.683. The maximum absolute atomic E-state index is 9.13. The molecule has 140 valence electrons. The largest absolute Gasteiger partial charge is 0.367 e. The summed E-state index contributed by atoms with van der Waals surface area (Å²) in [5.74, 6) is 0. The van der Waals surface area contributed by atoms with Crippen molar-refractivity contribution in [3.05, 3.63) is 0 Å². The van der Waals surface area contributed by atoms with E-state index in [0.29, 0.717) is 6.42 Å². The van der Waals surface area contributed by atoms with E-state index in [0.717, 1.165) is 12.8 Å². The Labute approximate surface area is 145 Å². The smallest absolute Gasteiger partial charge is 0.169 e. The third-order valence-electron chi connectivity index (χ3n) is 4.91. The molecule has 0 rings (SSSR count). The molecule has 0 aromatic rings. The van der Waals surface area contributed by atoms with Crippen molar-refractivity contribution in [1.29, 1.82) is 0 Å². The van der Waals surface area contributed by atoms with Crippen LogP contribution in [0.25, 0.3) is 0 Å². The molecule has 3 heteroatoms. The van der Waals surface area contributed by atoms with E-state index in [1.54, 1.807) is 6.92 Å². The van der Waals surface area contributed by atoms with Crippen LogP contribution in [0.1, 0.15) is 117 Å². The molecule has 0 aliphatic heterocycles. The topological polar surface area (TPSA) is 66.5 Å². The Kier molecular flexibility index (Phi) is 15.3. The van der Waals surface area contributed by atoms with Crippen molar-refractivity contribution >= 4 is 0 Å². The van der Waals surface area contributed by atoms with Gasteiger partial charge in [-0.25, -0.2) is 0 Å². The van der Waals surface area contributed by atoms with Gasteiger partial charge in [-0.05, 0) is 13.3 Å². The average Bonchev–Trinajstić information content (AvgIpc) is 2.51. The molecule has 1 atom stereocenters. The van der Waals surface area contributed by atoms with Crippen LogP contribution < -0.4 is 5.73 Å². The van der Waals surface area contributed by atoms with E-state index in [1.165, 1.54) is 83.5 Å². The number of nitrogens with two attached hydrogens (primary N) is 1. The van der Waals surface area contributed by atoms with E-state index in [1.807, 2.05) is 0 Å². The lowest BCUT2D eigenvalue weighted by molar-refractivity contribution is -0.0933. The minimum atomic E-state index is -1.41. The lowest BCUT2D eigenvalue weighted by Crippen LogP contribution is -2.47. The number of hydrogen-bond donors (Lipinski definition) is 3. The molecule has 0 heterocycles. The summed E-state index contributed by atoms with van der Waals surface area (Å²) in [6.45, 7) is 3.98. The Morgan fingerprint density at radius 3 is 1.26 bits per heavy atom. The van der Waals surface area contributed by atoms with Crippen molar-refractivity contribution in [2.75, 3.05) is 0 Å². The highest BCUT2D eigenvalue weighted by atomic mass is 16.5. The first-order chi connectivity index (χ1) is 11.0. The number of aliphatic hydroxyl groups is 2. The van der Waals surface area contributed by atoms with Gasteiger partial charge in [-0.3, -0.25) is 0 Å². The molecule has 4 N–H and O–H groups in total. The number of aliphatic hydroxyl groups excluding tert-OH is 1. The molecule has 1 unspecified atom stereocenters. The first kappa shape index (κ1) is 22.9. The fourth-order valence-electron chi connectivity index (χ4n) is 3.01. The quantitative estimate of drug-likeness (QED) is 0.251. The van der Waals surface area contributed by atoms with Gasteiger partial charge in [0, 0.05) is 0 Å². The standard InChI is InChI=1S/C20H43NO2/c1-3-4-5-6-7-8-9-10-11-12-13-14-15-16-17-18-20(2,21)19(22)23/h19,22-23H,3-18,21H2,1-2H3. The summed E-state index contributed by atoms with van der Waals surface area (Å²) < 4.78 is 0. The van der Waals surface area contributed by atoms with Gasteiger partial charge in [-0.1, -0.05) is 103 Å². The van der Waals surface area contributed by atoms with Gasteiger partial charge in [0.1, 0.15) is 0 Å². The van der Waals surface area contributed by atoms with Crippen molar-refractivity contribution in [2.24, 2.45) is 5.73 Å². The highest BCUT2D eigenvalue weighted by Gasteiger charge is 2.25. The molecule has 0 spiro atoms. The average molecular weight is 330 g/mol. The van der Waals surface area contributed by atoms with Gasteiger partial charge in [0.05, 0.1) is 5.54 Å². The Bertz CT molecular complexity index is 242. The maximum atomic E-state index is 9.13. The zero-order valence-corrected chi connectivity index (χ0v) is 15.9. The number of unbranched alkanes of at least 4 members (excludes halogenated alkanes) is 14. The molecule has 0 saturated carbocycles. The highest BCUT2D eigenvalue weighted by molar-refractivity contribution is 4.80. The first-order valence-electron chi connectivity index (χ1n) is 10.2. The van der Waals surface area contributed by atoms with Crippen LogP contribution in [0.5, 0.6) is 0 Å². The number of hydrogen-bond acceptors (Lipinski definition) is 3. The molecule has 23 heavy (non-hydrogen) atoms. The summed E-state index contributed by atoms with van der Waals surface area (Å²) in [6, 6.07) is 0. The zero-order valence-electron chi connectivity index (χ0n) is 15.9. The van der Waals surface area contributed by atoms with Crippen LogP contribution in [0.3, 0.4) is 0 Å². The Morgan fingerprint density at radius 1 is 0.652 bits per heavy atom. The molecule has 0 bridgehead atoms. The van der Waals surface area contributed by atoms with Gasteiger partial charge in [0.15, 0.2) is 6.29 Å². The summed E-state index contributed by atoms with van der Waals surface area (Å²) in [4.78, 5) is 0. The van der Waals surface area contributed by atoms with Gasteiger partial charge >= 0.3 is 0 Å². The SMILES string of the molecule is CCCCCCCCCCCCCCCCCC(C)(N)C(O)O. The van der Waals surface area contributed by atoms with Crippen LogP contribution >= 0.6 is 0 Å². The van der Waals surface area contributed by atoms with Crippen LogP contribution in [0.4, 0.5) is 0 Å². The summed E-state index contributed by atoms with van der Waals surface area (Å²) in [5, 5.41) is 18.3.